The van der Waals surface area contributed by atoms with Gasteiger partial charge < -0.3 is 5.32 Å². The summed E-state index contributed by atoms with van der Waals surface area (Å²) in [6, 6.07) is 5.67. The molecule has 1 nitrogen and oxygen atoms in total. The molecule has 0 aliphatic heterocycles. The molecule has 3 heteroatoms. The molecule has 0 spiro atoms. The summed E-state index contributed by atoms with van der Waals surface area (Å²) in [5, 5.41) is 3.41. The van der Waals surface area contributed by atoms with Gasteiger partial charge in [-0.15, -0.1) is 0 Å². The highest BCUT2D eigenvalue weighted by atomic mass is 79.9. The van der Waals surface area contributed by atoms with Gasteiger partial charge in [0.05, 0.1) is 4.47 Å². The van der Waals surface area contributed by atoms with Crippen LogP contribution in [-0.2, 0) is 0 Å². The van der Waals surface area contributed by atoms with Crippen LogP contribution in [0.4, 0.5) is 4.39 Å². The van der Waals surface area contributed by atoms with E-state index in [0.29, 0.717) is 4.47 Å². The molecule has 2 rings (SSSR count). The average Bonchev–Trinajstić information content (AvgIpc) is 2.99. The number of hydrogen-bond acceptors (Lipinski definition) is 1. The number of rotatable bonds is 4. The smallest absolute Gasteiger partial charge is 0.142 e. The lowest BCUT2D eigenvalue weighted by Crippen LogP contribution is -2.28. The van der Waals surface area contributed by atoms with Crippen LogP contribution < -0.4 is 5.32 Å². The number of halogens is 2. The zero-order valence-electron chi connectivity index (χ0n) is 9.69. The minimum Gasteiger partial charge on any atom is -0.310 e. The van der Waals surface area contributed by atoms with Crippen molar-refractivity contribution in [1.29, 1.82) is 0 Å². The van der Waals surface area contributed by atoms with Crippen molar-refractivity contribution in [2.24, 2.45) is 5.41 Å². The van der Waals surface area contributed by atoms with E-state index in [0.717, 1.165) is 12.1 Å². The molecule has 16 heavy (non-hydrogen) atoms. The Kier molecular flexibility index (Phi) is 3.36. The summed E-state index contributed by atoms with van der Waals surface area (Å²) in [4.78, 5) is 0. The van der Waals surface area contributed by atoms with Gasteiger partial charge in [0.2, 0.25) is 0 Å². The minimum absolute atomic E-state index is 0.124. The third kappa shape index (κ3) is 2.16. The van der Waals surface area contributed by atoms with Crippen molar-refractivity contribution < 1.29 is 4.39 Å². The Bertz CT molecular complexity index is 388. The van der Waals surface area contributed by atoms with Gasteiger partial charge in [0.25, 0.3) is 0 Å². The molecule has 1 atom stereocenters. The Morgan fingerprint density at radius 3 is 2.75 bits per heavy atom. The highest BCUT2D eigenvalue weighted by Crippen LogP contribution is 2.54. The zero-order valence-corrected chi connectivity index (χ0v) is 11.3. The Balaban J connectivity index is 2.35. The Morgan fingerprint density at radius 2 is 2.19 bits per heavy atom. The fraction of sp³-hybridized carbons (Fsp3) is 0.538. The van der Waals surface area contributed by atoms with Gasteiger partial charge in [0, 0.05) is 11.6 Å². The summed E-state index contributed by atoms with van der Waals surface area (Å²) < 4.78 is 14.6. The van der Waals surface area contributed by atoms with Crippen molar-refractivity contribution in [3.05, 3.63) is 34.1 Å². The van der Waals surface area contributed by atoms with Crippen molar-refractivity contribution in [2.45, 2.75) is 32.7 Å². The maximum absolute atomic E-state index is 14.0. The molecule has 0 aromatic heterocycles. The molecule has 0 saturated heterocycles. The monoisotopic (exact) mass is 285 g/mol. The maximum atomic E-state index is 14.0. The molecule has 1 aliphatic rings. The first-order valence-corrected chi connectivity index (χ1v) is 6.55. The summed E-state index contributed by atoms with van der Waals surface area (Å²) in [5.41, 5.74) is 1.02. The van der Waals surface area contributed by atoms with E-state index in [-0.39, 0.29) is 17.3 Å². The lowest BCUT2D eigenvalue weighted by molar-refractivity contribution is 0.361. The zero-order chi connectivity index (χ0) is 11.8. The van der Waals surface area contributed by atoms with Crippen LogP contribution in [0.5, 0.6) is 0 Å². The van der Waals surface area contributed by atoms with Gasteiger partial charge >= 0.3 is 0 Å². The van der Waals surface area contributed by atoms with Crippen LogP contribution in [0.1, 0.15) is 38.3 Å². The SMILES string of the molecule is CCNC(c1cccc(Br)c1F)C1(C)CC1. The van der Waals surface area contributed by atoms with Crippen molar-refractivity contribution in [2.75, 3.05) is 6.54 Å². The second-order valence-electron chi connectivity index (χ2n) is 4.79. The molecule has 1 aliphatic carbocycles. The van der Waals surface area contributed by atoms with Gasteiger partial charge in [-0.25, -0.2) is 4.39 Å². The van der Waals surface area contributed by atoms with Crippen molar-refractivity contribution in [1.82, 2.24) is 5.32 Å². The molecule has 1 saturated carbocycles. The minimum atomic E-state index is -0.124. The van der Waals surface area contributed by atoms with Crippen LogP contribution in [-0.4, -0.2) is 6.54 Å². The highest BCUT2D eigenvalue weighted by Gasteiger charge is 2.46. The summed E-state index contributed by atoms with van der Waals surface area (Å²) in [6.45, 7) is 5.15. The topological polar surface area (TPSA) is 12.0 Å². The number of hydrogen-bond donors (Lipinski definition) is 1. The fourth-order valence-electron chi connectivity index (χ4n) is 2.17. The van der Waals surface area contributed by atoms with Crippen LogP contribution in [0.2, 0.25) is 0 Å². The summed E-state index contributed by atoms with van der Waals surface area (Å²) in [5.74, 6) is -0.124. The normalized spacial score (nSPS) is 19.5. The lowest BCUT2D eigenvalue weighted by Gasteiger charge is -2.25. The molecule has 1 unspecified atom stereocenters. The molecule has 1 aromatic rings. The predicted octanol–water partition coefficient (Wildman–Crippen LogP) is 4.04. The first-order chi connectivity index (χ1) is 7.58. The molecule has 1 N–H and O–H groups in total. The van der Waals surface area contributed by atoms with Crippen LogP contribution in [0.25, 0.3) is 0 Å². The van der Waals surface area contributed by atoms with Crippen molar-refractivity contribution >= 4 is 15.9 Å². The van der Waals surface area contributed by atoms with Gasteiger partial charge in [0.1, 0.15) is 5.82 Å². The quantitative estimate of drug-likeness (QED) is 0.881. The molecule has 1 aromatic carbocycles. The maximum Gasteiger partial charge on any atom is 0.142 e. The second-order valence-corrected chi connectivity index (χ2v) is 5.64. The van der Waals surface area contributed by atoms with E-state index in [2.05, 4.69) is 35.1 Å². The van der Waals surface area contributed by atoms with Gasteiger partial charge in [0.15, 0.2) is 0 Å². The molecular weight excluding hydrogens is 269 g/mol. The molecule has 1 fully saturated rings. The van der Waals surface area contributed by atoms with Gasteiger partial charge in [-0.3, -0.25) is 0 Å². The summed E-state index contributed by atoms with van der Waals surface area (Å²) in [6.07, 6.45) is 2.35. The van der Waals surface area contributed by atoms with Crippen LogP contribution in [0.15, 0.2) is 22.7 Å². The van der Waals surface area contributed by atoms with Crippen LogP contribution in [0.3, 0.4) is 0 Å². The number of nitrogens with one attached hydrogen (secondary N) is 1. The average molecular weight is 286 g/mol. The molecule has 0 amide bonds. The second kappa shape index (κ2) is 4.46. The highest BCUT2D eigenvalue weighted by molar-refractivity contribution is 9.10. The van der Waals surface area contributed by atoms with E-state index in [4.69, 9.17) is 0 Å². The van der Waals surface area contributed by atoms with E-state index in [1.54, 1.807) is 6.07 Å². The first-order valence-electron chi connectivity index (χ1n) is 5.76. The van der Waals surface area contributed by atoms with Crippen molar-refractivity contribution in [3.8, 4) is 0 Å². The predicted molar refractivity (Wildman–Crippen MR) is 67.9 cm³/mol. The van der Waals surface area contributed by atoms with E-state index in [1.165, 1.54) is 12.8 Å². The van der Waals surface area contributed by atoms with E-state index in [1.807, 2.05) is 12.1 Å². The van der Waals surface area contributed by atoms with E-state index >= 15 is 0 Å². The third-order valence-corrected chi connectivity index (χ3v) is 4.05. The lowest BCUT2D eigenvalue weighted by atomic mass is 9.91. The van der Waals surface area contributed by atoms with E-state index < -0.39 is 0 Å². The number of benzene rings is 1. The Labute approximate surface area is 105 Å². The van der Waals surface area contributed by atoms with Crippen LogP contribution >= 0.6 is 15.9 Å². The molecule has 88 valence electrons. The molecule has 0 radical (unpaired) electrons. The van der Waals surface area contributed by atoms with Crippen LogP contribution in [0, 0.1) is 11.2 Å². The first kappa shape index (κ1) is 12.1. The van der Waals surface area contributed by atoms with Crippen molar-refractivity contribution in [3.63, 3.8) is 0 Å². The van der Waals surface area contributed by atoms with E-state index in [9.17, 15) is 4.39 Å². The third-order valence-electron chi connectivity index (χ3n) is 3.44. The fourth-order valence-corrected chi connectivity index (χ4v) is 2.55. The summed E-state index contributed by atoms with van der Waals surface area (Å²) in [7, 11) is 0. The Morgan fingerprint density at radius 1 is 1.50 bits per heavy atom. The molecular formula is C13H17BrFN. The Hall–Kier alpha value is -0.410. The summed E-state index contributed by atoms with van der Waals surface area (Å²) >= 11 is 3.25. The standard InChI is InChI=1S/C13H17BrFN/c1-3-16-12(13(2)7-8-13)9-5-4-6-10(14)11(9)15/h4-6,12,16H,3,7-8H2,1-2H3. The molecule has 0 heterocycles. The molecule has 0 bridgehead atoms. The van der Waals surface area contributed by atoms with Gasteiger partial charge in [-0.1, -0.05) is 26.0 Å². The van der Waals surface area contributed by atoms with Gasteiger partial charge in [-0.05, 0) is 46.8 Å². The van der Waals surface area contributed by atoms with Gasteiger partial charge in [-0.2, -0.15) is 0 Å². The largest absolute Gasteiger partial charge is 0.310 e.